The molecule has 0 heterocycles. The van der Waals surface area contributed by atoms with Gasteiger partial charge < -0.3 is 14.8 Å². The van der Waals surface area contributed by atoms with Crippen LogP contribution < -0.4 is 10.1 Å². The Labute approximate surface area is 145 Å². The number of carbonyl (C=O) groups is 1. The minimum absolute atomic E-state index is 0.318. The monoisotopic (exact) mass is 353 g/mol. The first-order chi connectivity index (χ1) is 11.1. The molecule has 0 atom stereocenters. The Balaban J connectivity index is 2.11. The third-order valence-electron chi connectivity index (χ3n) is 3.00. The molecular formula is C17H17Cl2NO3. The Morgan fingerprint density at radius 3 is 2.70 bits per heavy atom. The lowest BCUT2D eigenvalue weighted by Gasteiger charge is -2.12. The third-order valence-corrected chi connectivity index (χ3v) is 3.56. The van der Waals surface area contributed by atoms with Gasteiger partial charge in [-0.05, 0) is 37.3 Å². The molecule has 1 amide bonds. The number of benzene rings is 2. The molecular weight excluding hydrogens is 337 g/mol. The van der Waals surface area contributed by atoms with Crippen LogP contribution in [-0.4, -0.2) is 25.7 Å². The number of ether oxygens (including phenoxy) is 2. The summed E-state index contributed by atoms with van der Waals surface area (Å²) in [4.78, 5) is 12.5. The molecule has 0 fully saturated rings. The van der Waals surface area contributed by atoms with E-state index in [1.807, 2.05) is 6.92 Å². The molecule has 0 radical (unpaired) electrons. The van der Waals surface area contributed by atoms with Crippen LogP contribution in [0.2, 0.25) is 10.0 Å². The summed E-state index contributed by atoms with van der Waals surface area (Å²) in [5.41, 5.74) is 0.869. The number of para-hydroxylation sites is 1. The van der Waals surface area contributed by atoms with Crippen molar-refractivity contribution in [1.82, 2.24) is 0 Å². The molecule has 0 aromatic heterocycles. The SMILES string of the molecule is CCOCCOc1ccccc1C(=O)Nc1cc(Cl)ccc1Cl. The van der Waals surface area contributed by atoms with Gasteiger partial charge in [-0.15, -0.1) is 0 Å². The van der Waals surface area contributed by atoms with Gasteiger partial charge in [-0.3, -0.25) is 4.79 Å². The van der Waals surface area contributed by atoms with Gasteiger partial charge in [0.1, 0.15) is 12.4 Å². The largest absolute Gasteiger partial charge is 0.490 e. The molecule has 122 valence electrons. The lowest BCUT2D eigenvalue weighted by atomic mass is 10.2. The molecule has 0 saturated carbocycles. The van der Waals surface area contributed by atoms with Crippen molar-refractivity contribution in [2.24, 2.45) is 0 Å². The van der Waals surface area contributed by atoms with Crippen molar-refractivity contribution in [3.8, 4) is 5.75 Å². The van der Waals surface area contributed by atoms with Crippen LogP contribution in [-0.2, 0) is 4.74 Å². The van der Waals surface area contributed by atoms with Gasteiger partial charge in [0.15, 0.2) is 0 Å². The standard InChI is InChI=1S/C17H17Cl2NO3/c1-2-22-9-10-23-16-6-4-3-5-13(16)17(21)20-15-11-12(18)7-8-14(15)19/h3-8,11H,2,9-10H2,1H3,(H,20,21). The smallest absolute Gasteiger partial charge is 0.259 e. The quantitative estimate of drug-likeness (QED) is 0.736. The number of hydrogen-bond donors (Lipinski definition) is 1. The van der Waals surface area contributed by atoms with Gasteiger partial charge in [-0.25, -0.2) is 0 Å². The summed E-state index contributed by atoms with van der Waals surface area (Å²) in [6.07, 6.45) is 0. The Kier molecular flexibility index (Phi) is 6.71. The second kappa shape index (κ2) is 8.77. The van der Waals surface area contributed by atoms with E-state index < -0.39 is 0 Å². The van der Waals surface area contributed by atoms with E-state index in [-0.39, 0.29) is 5.91 Å². The molecule has 0 saturated heterocycles. The predicted molar refractivity (Wildman–Crippen MR) is 92.8 cm³/mol. The van der Waals surface area contributed by atoms with Crippen molar-refractivity contribution in [2.75, 3.05) is 25.1 Å². The Hall–Kier alpha value is -1.75. The number of halogens is 2. The van der Waals surface area contributed by atoms with Crippen LogP contribution in [0, 0.1) is 0 Å². The highest BCUT2D eigenvalue weighted by molar-refractivity contribution is 6.35. The number of carbonyl (C=O) groups excluding carboxylic acids is 1. The fourth-order valence-corrected chi connectivity index (χ4v) is 2.25. The van der Waals surface area contributed by atoms with E-state index >= 15 is 0 Å². The summed E-state index contributed by atoms with van der Waals surface area (Å²) in [7, 11) is 0. The molecule has 0 spiro atoms. The van der Waals surface area contributed by atoms with Crippen LogP contribution in [0.3, 0.4) is 0 Å². The summed E-state index contributed by atoms with van der Waals surface area (Å²) in [6, 6.07) is 11.9. The number of amides is 1. The highest BCUT2D eigenvalue weighted by Crippen LogP contribution is 2.27. The summed E-state index contributed by atoms with van der Waals surface area (Å²) in [5, 5.41) is 3.65. The molecule has 0 bridgehead atoms. The van der Waals surface area contributed by atoms with E-state index in [1.54, 1.807) is 42.5 Å². The van der Waals surface area contributed by atoms with Crippen LogP contribution in [0.25, 0.3) is 0 Å². The van der Waals surface area contributed by atoms with E-state index in [0.717, 1.165) is 0 Å². The van der Waals surface area contributed by atoms with Gasteiger partial charge in [0.05, 0.1) is 22.9 Å². The average Bonchev–Trinajstić information content (AvgIpc) is 2.55. The summed E-state index contributed by atoms with van der Waals surface area (Å²) in [5.74, 6) is 0.170. The molecule has 0 unspecified atom stereocenters. The molecule has 1 N–H and O–H groups in total. The average molecular weight is 354 g/mol. The molecule has 2 aromatic rings. The first-order valence-corrected chi connectivity index (χ1v) is 7.93. The van der Waals surface area contributed by atoms with Gasteiger partial charge in [-0.2, -0.15) is 0 Å². The van der Waals surface area contributed by atoms with Crippen LogP contribution in [0.1, 0.15) is 17.3 Å². The maximum Gasteiger partial charge on any atom is 0.259 e. The van der Waals surface area contributed by atoms with Crippen LogP contribution in [0.5, 0.6) is 5.75 Å². The number of nitrogens with one attached hydrogen (secondary N) is 1. The van der Waals surface area contributed by atoms with Crippen molar-refractivity contribution >= 4 is 34.8 Å². The number of anilines is 1. The van der Waals surface area contributed by atoms with E-state index in [4.69, 9.17) is 32.7 Å². The lowest BCUT2D eigenvalue weighted by molar-refractivity contribution is 0.0998. The topological polar surface area (TPSA) is 47.6 Å². The fraction of sp³-hybridized carbons (Fsp3) is 0.235. The van der Waals surface area contributed by atoms with Crippen LogP contribution >= 0.6 is 23.2 Å². The van der Waals surface area contributed by atoms with Crippen molar-refractivity contribution in [1.29, 1.82) is 0 Å². The van der Waals surface area contributed by atoms with E-state index in [2.05, 4.69) is 5.32 Å². The predicted octanol–water partition coefficient (Wildman–Crippen LogP) is 4.66. The third kappa shape index (κ3) is 5.13. The second-order valence-corrected chi connectivity index (χ2v) is 5.46. The van der Waals surface area contributed by atoms with Gasteiger partial charge >= 0.3 is 0 Å². The van der Waals surface area contributed by atoms with Crippen molar-refractivity contribution in [2.45, 2.75) is 6.92 Å². The van der Waals surface area contributed by atoms with Crippen molar-refractivity contribution in [3.63, 3.8) is 0 Å². The first-order valence-electron chi connectivity index (χ1n) is 7.17. The maximum atomic E-state index is 12.5. The molecule has 0 aliphatic carbocycles. The lowest BCUT2D eigenvalue weighted by Crippen LogP contribution is -2.15. The van der Waals surface area contributed by atoms with Gasteiger partial charge in [0, 0.05) is 11.6 Å². The number of hydrogen-bond acceptors (Lipinski definition) is 3. The van der Waals surface area contributed by atoms with Gasteiger partial charge in [0.2, 0.25) is 0 Å². The Morgan fingerprint density at radius 2 is 1.91 bits per heavy atom. The van der Waals surface area contributed by atoms with Crippen LogP contribution in [0.15, 0.2) is 42.5 Å². The Bertz CT molecular complexity index is 677. The van der Waals surface area contributed by atoms with Crippen molar-refractivity contribution in [3.05, 3.63) is 58.1 Å². The molecule has 2 rings (SSSR count). The minimum Gasteiger partial charge on any atom is -0.490 e. The Morgan fingerprint density at radius 1 is 1.13 bits per heavy atom. The summed E-state index contributed by atoms with van der Waals surface area (Å²) < 4.78 is 10.8. The molecule has 2 aromatic carbocycles. The second-order valence-electron chi connectivity index (χ2n) is 4.62. The highest BCUT2D eigenvalue weighted by Gasteiger charge is 2.14. The van der Waals surface area contributed by atoms with Crippen molar-refractivity contribution < 1.29 is 14.3 Å². The zero-order valence-corrected chi connectivity index (χ0v) is 14.2. The molecule has 0 aliphatic rings. The molecule has 0 aliphatic heterocycles. The normalized spacial score (nSPS) is 10.4. The zero-order valence-electron chi connectivity index (χ0n) is 12.6. The molecule has 23 heavy (non-hydrogen) atoms. The summed E-state index contributed by atoms with van der Waals surface area (Å²) in [6.45, 7) is 3.37. The van der Waals surface area contributed by atoms with E-state index in [1.165, 1.54) is 0 Å². The van der Waals surface area contributed by atoms with Gasteiger partial charge in [0.25, 0.3) is 5.91 Å². The zero-order chi connectivity index (χ0) is 16.7. The van der Waals surface area contributed by atoms with Gasteiger partial charge in [-0.1, -0.05) is 35.3 Å². The number of rotatable bonds is 7. The highest BCUT2D eigenvalue weighted by atomic mass is 35.5. The molecule has 4 nitrogen and oxygen atoms in total. The molecule has 6 heteroatoms. The fourth-order valence-electron chi connectivity index (χ4n) is 1.92. The van der Waals surface area contributed by atoms with E-state index in [9.17, 15) is 4.79 Å². The maximum absolute atomic E-state index is 12.5. The minimum atomic E-state index is -0.318. The summed E-state index contributed by atoms with van der Waals surface area (Å²) >= 11 is 12.0. The first kappa shape index (κ1) is 17.6. The van der Waals surface area contributed by atoms with Crippen LogP contribution in [0.4, 0.5) is 5.69 Å². The van der Waals surface area contributed by atoms with E-state index in [0.29, 0.717) is 46.9 Å².